The van der Waals surface area contributed by atoms with E-state index < -0.39 is 11.2 Å². The number of carbonyl (C=O) groups excluding carboxylic acids is 2. The van der Waals surface area contributed by atoms with Crippen molar-refractivity contribution in [2.24, 2.45) is 0 Å². The Labute approximate surface area is 147 Å². The van der Waals surface area contributed by atoms with Crippen molar-refractivity contribution in [3.63, 3.8) is 0 Å². The molecule has 0 unspecified atom stereocenters. The van der Waals surface area contributed by atoms with Gasteiger partial charge in [-0.2, -0.15) is 0 Å². The van der Waals surface area contributed by atoms with E-state index in [0.29, 0.717) is 11.4 Å². The Hall–Kier alpha value is -2.87. The first kappa shape index (κ1) is 17.0. The quantitative estimate of drug-likeness (QED) is 0.819. The number of thioether (sulfide) groups is 1. The number of nitrogens with zero attached hydrogens (tertiary/aromatic N) is 2. The summed E-state index contributed by atoms with van der Waals surface area (Å²) in [6.45, 7) is 0. The number of imide groups is 1. The molecule has 1 fully saturated rings. The molecule has 7 nitrogen and oxygen atoms in total. The van der Waals surface area contributed by atoms with E-state index in [1.54, 1.807) is 24.3 Å². The molecule has 25 heavy (non-hydrogen) atoms. The number of benzene rings is 1. The largest absolute Gasteiger partial charge is 0.497 e. The summed E-state index contributed by atoms with van der Waals surface area (Å²) in [5, 5.41) is 8.72. The zero-order valence-corrected chi connectivity index (χ0v) is 14.0. The normalized spacial score (nSPS) is 17.0. The fraction of sp³-hybridized carbons (Fsp3) is 0.176. The average molecular weight is 358 g/mol. The van der Waals surface area contributed by atoms with Gasteiger partial charge in [-0.1, -0.05) is 11.8 Å². The van der Waals surface area contributed by atoms with Gasteiger partial charge in [0.1, 0.15) is 10.8 Å². The van der Waals surface area contributed by atoms with Gasteiger partial charge in [0.25, 0.3) is 0 Å². The summed E-state index contributed by atoms with van der Waals surface area (Å²) in [6.07, 6.45) is 1.45. The minimum absolute atomic E-state index is 0.00877. The second kappa shape index (κ2) is 6.94. The van der Waals surface area contributed by atoms with Crippen LogP contribution in [0.15, 0.2) is 47.6 Å². The number of aromatic carboxylic acids is 1. The van der Waals surface area contributed by atoms with Crippen LogP contribution in [-0.4, -0.2) is 40.2 Å². The molecule has 2 heterocycles. The van der Waals surface area contributed by atoms with E-state index in [1.165, 1.54) is 25.4 Å². The Morgan fingerprint density at radius 2 is 2.00 bits per heavy atom. The first-order chi connectivity index (χ1) is 12.0. The number of hydrogen-bond donors (Lipinski definition) is 1. The van der Waals surface area contributed by atoms with E-state index in [-0.39, 0.29) is 28.8 Å². The second-order valence-electron chi connectivity index (χ2n) is 5.24. The maximum Gasteiger partial charge on any atom is 0.338 e. The lowest BCUT2D eigenvalue weighted by Gasteiger charge is -2.15. The molecule has 128 valence electrons. The van der Waals surface area contributed by atoms with Crippen LogP contribution in [0, 0.1) is 0 Å². The zero-order valence-electron chi connectivity index (χ0n) is 13.2. The number of amides is 2. The fourth-order valence-corrected chi connectivity index (χ4v) is 3.59. The number of rotatable bonds is 5. The van der Waals surface area contributed by atoms with Gasteiger partial charge in [0.2, 0.25) is 11.8 Å². The van der Waals surface area contributed by atoms with Crippen LogP contribution in [0.2, 0.25) is 0 Å². The van der Waals surface area contributed by atoms with Gasteiger partial charge in [-0.15, -0.1) is 0 Å². The highest BCUT2D eigenvalue weighted by Gasteiger charge is 2.40. The summed E-state index contributed by atoms with van der Waals surface area (Å²) in [4.78, 5) is 41.3. The molecule has 0 radical (unpaired) electrons. The van der Waals surface area contributed by atoms with Gasteiger partial charge in [0.05, 0.1) is 23.6 Å². The molecule has 1 atom stereocenters. The van der Waals surface area contributed by atoms with Gasteiger partial charge in [0.15, 0.2) is 0 Å². The molecule has 2 amide bonds. The summed E-state index contributed by atoms with van der Waals surface area (Å²) < 4.78 is 5.06. The smallest absolute Gasteiger partial charge is 0.338 e. The minimum atomic E-state index is -1.13. The molecule has 1 N–H and O–H groups in total. The SMILES string of the molecule is COc1ccc(N2C(=O)C[C@H](Sc3ncccc3C(=O)O)C2=O)cc1. The molecule has 1 aromatic carbocycles. The van der Waals surface area contributed by atoms with Crippen molar-refractivity contribution < 1.29 is 24.2 Å². The summed E-state index contributed by atoms with van der Waals surface area (Å²) >= 11 is 0.995. The number of hydrogen-bond acceptors (Lipinski definition) is 6. The minimum Gasteiger partial charge on any atom is -0.497 e. The summed E-state index contributed by atoms with van der Waals surface area (Å²) in [5.74, 6) is -1.23. The molecule has 8 heteroatoms. The summed E-state index contributed by atoms with van der Waals surface area (Å²) in [5.41, 5.74) is 0.467. The molecule has 1 aliphatic heterocycles. The van der Waals surface area contributed by atoms with Crippen molar-refractivity contribution in [1.29, 1.82) is 0 Å². The molecule has 0 saturated carbocycles. The maximum atomic E-state index is 12.6. The van der Waals surface area contributed by atoms with E-state index >= 15 is 0 Å². The summed E-state index contributed by atoms with van der Waals surface area (Å²) in [7, 11) is 1.53. The van der Waals surface area contributed by atoms with Crippen molar-refractivity contribution in [2.45, 2.75) is 16.7 Å². The molecular formula is C17H14N2O5S. The maximum absolute atomic E-state index is 12.6. The first-order valence-corrected chi connectivity index (χ1v) is 8.25. The molecule has 0 spiro atoms. The molecule has 3 rings (SSSR count). The van der Waals surface area contributed by atoms with E-state index in [0.717, 1.165) is 16.7 Å². The number of methoxy groups -OCH3 is 1. The number of carboxylic acid groups (broad SMARTS) is 1. The number of pyridine rings is 1. The Morgan fingerprint density at radius 1 is 1.28 bits per heavy atom. The number of anilines is 1. The topological polar surface area (TPSA) is 96.8 Å². The average Bonchev–Trinajstić information content (AvgIpc) is 2.89. The molecule has 1 saturated heterocycles. The van der Waals surface area contributed by atoms with Crippen molar-refractivity contribution >= 4 is 35.2 Å². The lowest BCUT2D eigenvalue weighted by atomic mass is 10.3. The highest BCUT2D eigenvalue weighted by atomic mass is 32.2. The number of carboxylic acids is 1. The van der Waals surface area contributed by atoms with Crippen LogP contribution in [-0.2, 0) is 9.59 Å². The monoisotopic (exact) mass is 358 g/mol. The lowest BCUT2D eigenvalue weighted by Crippen LogP contribution is -2.31. The third-order valence-corrected chi connectivity index (χ3v) is 4.89. The highest BCUT2D eigenvalue weighted by molar-refractivity contribution is 8.00. The van der Waals surface area contributed by atoms with Crippen molar-refractivity contribution in [1.82, 2.24) is 4.98 Å². The van der Waals surface area contributed by atoms with Crippen LogP contribution >= 0.6 is 11.8 Å². The predicted octanol–water partition coefficient (Wildman–Crippen LogP) is 2.21. The molecule has 0 bridgehead atoms. The number of aromatic nitrogens is 1. The van der Waals surface area contributed by atoms with Crippen molar-refractivity contribution in [3.8, 4) is 5.75 Å². The molecular weight excluding hydrogens is 344 g/mol. The molecule has 2 aromatic rings. The lowest BCUT2D eigenvalue weighted by molar-refractivity contribution is -0.121. The highest BCUT2D eigenvalue weighted by Crippen LogP contribution is 2.34. The van der Waals surface area contributed by atoms with E-state index in [2.05, 4.69) is 4.98 Å². The van der Waals surface area contributed by atoms with Crippen molar-refractivity contribution in [3.05, 3.63) is 48.2 Å². The van der Waals surface area contributed by atoms with Gasteiger partial charge in [0, 0.05) is 12.6 Å². The number of ether oxygens (including phenoxy) is 1. The predicted molar refractivity (Wildman–Crippen MR) is 90.9 cm³/mol. The van der Waals surface area contributed by atoms with Crippen molar-refractivity contribution in [2.75, 3.05) is 12.0 Å². The van der Waals surface area contributed by atoms with E-state index in [4.69, 9.17) is 4.74 Å². The van der Waals surface area contributed by atoms with Crippen LogP contribution < -0.4 is 9.64 Å². The third-order valence-electron chi connectivity index (χ3n) is 3.69. The Morgan fingerprint density at radius 3 is 2.64 bits per heavy atom. The fourth-order valence-electron chi connectivity index (χ4n) is 2.48. The number of carbonyl (C=O) groups is 3. The van der Waals surface area contributed by atoms with Crippen LogP contribution in [0.5, 0.6) is 5.75 Å². The third kappa shape index (κ3) is 3.34. The van der Waals surface area contributed by atoms with Crippen LogP contribution in [0.1, 0.15) is 16.8 Å². The Balaban J connectivity index is 1.83. The van der Waals surface area contributed by atoms with E-state index in [9.17, 15) is 19.5 Å². The first-order valence-electron chi connectivity index (χ1n) is 7.37. The zero-order chi connectivity index (χ0) is 18.0. The van der Waals surface area contributed by atoms with Crippen LogP contribution in [0.3, 0.4) is 0 Å². The van der Waals surface area contributed by atoms with Gasteiger partial charge >= 0.3 is 5.97 Å². The van der Waals surface area contributed by atoms with Crippen LogP contribution in [0.4, 0.5) is 5.69 Å². The standard InChI is InChI=1S/C17H14N2O5S/c1-24-11-6-4-10(5-7-11)19-14(20)9-13(16(19)21)25-15-12(17(22)23)3-2-8-18-15/h2-8,13H,9H2,1H3,(H,22,23)/t13-/m0/s1. The van der Waals surface area contributed by atoms with Gasteiger partial charge < -0.3 is 9.84 Å². The van der Waals surface area contributed by atoms with E-state index in [1.807, 2.05) is 0 Å². The van der Waals surface area contributed by atoms with Crippen LogP contribution in [0.25, 0.3) is 0 Å². The van der Waals surface area contributed by atoms with Gasteiger partial charge in [-0.25, -0.2) is 14.7 Å². The summed E-state index contributed by atoms with van der Waals surface area (Å²) in [6, 6.07) is 9.52. The van der Waals surface area contributed by atoms with Gasteiger partial charge in [-0.3, -0.25) is 9.59 Å². The second-order valence-corrected chi connectivity index (χ2v) is 6.43. The van der Waals surface area contributed by atoms with Gasteiger partial charge in [-0.05, 0) is 36.4 Å². The molecule has 1 aliphatic rings. The molecule has 1 aromatic heterocycles. The molecule has 0 aliphatic carbocycles. The Kier molecular flexibility index (Phi) is 4.71. The Bertz CT molecular complexity index is 837.